The first-order chi connectivity index (χ1) is 20.0. The van der Waals surface area contributed by atoms with E-state index < -0.39 is 11.2 Å². The number of nitrogens with two attached hydrogens (primary N) is 1. The highest BCUT2D eigenvalue weighted by Gasteiger charge is 2.25. The Bertz CT molecular complexity index is 1660. The summed E-state index contributed by atoms with van der Waals surface area (Å²) >= 11 is -0.744. The molecule has 0 spiro atoms. The van der Waals surface area contributed by atoms with Gasteiger partial charge in [0.15, 0.2) is 11.4 Å². The average Bonchev–Trinajstić information content (AvgIpc) is 3.74. The molecule has 0 bridgehead atoms. The number of furan rings is 1. The minimum Gasteiger partial charge on any atom is -0.616 e. The number of ether oxygens (including phenoxy) is 1. The number of halogens is 1. The zero-order valence-corrected chi connectivity index (χ0v) is 23.3. The molecular formula is C28H31FN8O3S. The van der Waals surface area contributed by atoms with Crippen molar-refractivity contribution in [3.05, 3.63) is 54.8 Å². The predicted octanol–water partition coefficient (Wildman–Crippen LogP) is 3.17. The van der Waals surface area contributed by atoms with Crippen LogP contribution in [0, 0.1) is 5.82 Å². The fourth-order valence-electron chi connectivity index (χ4n) is 5.62. The lowest BCUT2D eigenvalue weighted by molar-refractivity contribution is 0.189. The van der Waals surface area contributed by atoms with Crippen LogP contribution in [-0.2, 0) is 17.7 Å². The van der Waals surface area contributed by atoms with Crippen molar-refractivity contribution in [3.63, 3.8) is 0 Å². The first-order valence-corrected chi connectivity index (χ1v) is 15.3. The Hall–Kier alpha value is -3.81. The van der Waals surface area contributed by atoms with Gasteiger partial charge in [-0.2, -0.15) is 14.6 Å². The van der Waals surface area contributed by atoms with Crippen molar-refractivity contribution in [2.45, 2.75) is 25.5 Å². The molecule has 4 aromatic heterocycles. The summed E-state index contributed by atoms with van der Waals surface area (Å²) in [4.78, 5) is 13.6. The summed E-state index contributed by atoms with van der Waals surface area (Å²) in [5.74, 6) is 2.51. The van der Waals surface area contributed by atoms with E-state index in [4.69, 9.17) is 14.9 Å². The van der Waals surface area contributed by atoms with Crippen molar-refractivity contribution >= 4 is 39.5 Å². The average molecular weight is 579 g/mol. The summed E-state index contributed by atoms with van der Waals surface area (Å²) in [5.41, 5.74) is 9.74. The number of rotatable bonds is 7. The van der Waals surface area contributed by atoms with Gasteiger partial charge in [0, 0.05) is 58.2 Å². The van der Waals surface area contributed by atoms with Crippen LogP contribution in [0.25, 0.3) is 28.1 Å². The lowest BCUT2D eigenvalue weighted by Crippen LogP contribution is -2.47. The first-order valence-electron chi connectivity index (χ1n) is 13.8. The van der Waals surface area contributed by atoms with Crippen LogP contribution in [0.1, 0.15) is 12.8 Å². The molecule has 0 amide bonds. The largest absolute Gasteiger partial charge is 0.616 e. The summed E-state index contributed by atoms with van der Waals surface area (Å²) in [6.07, 6.45) is 4.90. The Morgan fingerprint density at radius 3 is 2.68 bits per heavy atom. The molecule has 13 heteroatoms. The lowest BCUT2D eigenvalue weighted by atomic mass is 10.2. The SMILES string of the molecule is Nc1nc2c(ncn2CCN2CCN(c3ccc(O[C@H]4CC[S@+]([O-])CC4)cc3F)CC2)c2cc(-c3ccco3)nn12. The van der Waals surface area contributed by atoms with Crippen molar-refractivity contribution in [2.24, 2.45) is 0 Å². The van der Waals surface area contributed by atoms with E-state index in [2.05, 4.69) is 24.9 Å². The van der Waals surface area contributed by atoms with E-state index in [0.717, 1.165) is 56.6 Å². The third kappa shape index (κ3) is 5.20. The Labute approximate surface area is 238 Å². The van der Waals surface area contributed by atoms with E-state index in [1.54, 1.807) is 17.1 Å². The highest BCUT2D eigenvalue weighted by molar-refractivity contribution is 7.91. The number of hydrogen-bond acceptors (Lipinski definition) is 9. The van der Waals surface area contributed by atoms with Crippen LogP contribution in [0.2, 0.25) is 0 Å². The molecular weight excluding hydrogens is 547 g/mol. The Kier molecular flexibility index (Phi) is 6.93. The van der Waals surface area contributed by atoms with Gasteiger partial charge in [0.1, 0.15) is 45.9 Å². The number of aromatic nitrogens is 5. The molecule has 2 saturated heterocycles. The normalized spacial score (nSPS) is 20.3. The molecule has 11 nitrogen and oxygen atoms in total. The number of nitrogens with zero attached hydrogens (tertiary/aromatic N) is 7. The molecule has 41 heavy (non-hydrogen) atoms. The molecule has 2 aliphatic rings. The van der Waals surface area contributed by atoms with Gasteiger partial charge in [-0.05, 0) is 30.3 Å². The highest BCUT2D eigenvalue weighted by atomic mass is 32.2. The van der Waals surface area contributed by atoms with Crippen molar-refractivity contribution in [3.8, 4) is 17.2 Å². The topological polar surface area (TPSA) is 126 Å². The monoisotopic (exact) mass is 578 g/mol. The van der Waals surface area contributed by atoms with Crippen molar-refractivity contribution < 1.29 is 18.1 Å². The number of imidazole rings is 1. The number of nitrogen functional groups attached to an aromatic ring is 1. The lowest BCUT2D eigenvalue weighted by Gasteiger charge is -2.36. The van der Waals surface area contributed by atoms with Gasteiger partial charge in [-0.1, -0.05) is 11.2 Å². The molecule has 1 aromatic carbocycles. The number of fused-ring (bicyclic) bond motifs is 3. The van der Waals surface area contributed by atoms with Gasteiger partial charge < -0.3 is 28.9 Å². The van der Waals surface area contributed by atoms with Crippen LogP contribution >= 0.6 is 0 Å². The molecule has 2 N–H and O–H groups in total. The Morgan fingerprint density at radius 1 is 1.10 bits per heavy atom. The molecule has 2 fully saturated rings. The fourth-order valence-corrected chi connectivity index (χ4v) is 6.88. The zero-order valence-electron chi connectivity index (χ0n) is 22.5. The van der Waals surface area contributed by atoms with Crippen LogP contribution in [0.5, 0.6) is 5.75 Å². The predicted molar refractivity (Wildman–Crippen MR) is 155 cm³/mol. The molecule has 5 aromatic rings. The molecule has 0 atom stereocenters. The molecule has 214 valence electrons. The van der Waals surface area contributed by atoms with Gasteiger partial charge >= 0.3 is 0 Å². The van der Waals surface area contributed by atoms with E-state index in [1.807, 2.05) is 34.9 Å². The maximum atomic E-state index is 15.0. The van der Waals surface area contributed by atoms with Gasteiger partial charge in [0.05, 0.1) is 18.3 Å². The second kappa shape index (κ2) is 10.9. The van der Waals surface area contributed by atoms with E-state index in [9.17, 15) is 4.55 Å². The van der Waals surface area contributed by atoms with Crippen LogP contribution in [-0.4, -0.2) is 83.9 Å². The minimum atomic E-state index is -0.744. The third-order valence-corrected chi connectivity index (χ3v) is 9.28. The van der Waals surface area contributed by atoms with Crippen molar-refractivity contribution in [1.29, 1.82) is 0 Å². The number of anilines is 2. The summed E-state index contributed by atoms with van der Waals surface area (Å²) in [6, 6.07) is 10.7. The molecule has 0 aliphatic carbocycles. The van der Waals surface area contributed by atoms with Gasteiger partial charge in [0.25, 0.3) is 0 Å². The Morgan fingerprint density at radius 2 is 1.93 bits per heavy atom. The van der Waals surface area contributed by atoms with Crippen LogP contribution in [0.3, 0.4) is 0 Å². The zero-order chi connectivity index (χ0) is 27.9. The third-order valence-electron chi connectivity index (χ3n) is 7.90. The van der Waals surface area contributed by atoms with Crippen LogP contribution < -0.4 is 15.4 Å². The minimum absolute atomic E-state index is 0.00564. The summed E-state index contributed by atoms with van der Waals surface area (Å²) in [7, 11) is 0. The van der Waals surface area contributed by atoms with E-state index in [-0.39, 0.29) is 17.9 Å². The molecule has 0 saturated carbocycles. The molecule has 7 rings (SSSR count). The van der Waals surface area contributed by atoms with Crippen molar-refractivity contribution in [1.82, 2.24) is 29.0 Å². The molecule has 0 radical (unpaired) electrons. The molecule has 6 heterocycles. The number of hydrogen-bond donors (Lipinski definition) is 1. The smallest absolute Gasteiger partial charge is 0.223 e. The van der Waals surface area contributed by atoms with Gasteiger partial charge in [-0.3, -0.25) is 4.90 Å². The molecule has 2 aliphatic heterocycles. The van der Waals surface area contributed by atoms with E-state index in [1.165, 1.54) is 6.07 Å². The van der Waals surface area contributed by atoms with Gasteiger partial charge in [-0.15, -0.1) is 0 Å². The number of piperazine rings is 1. The maximum Gasteiger partial charge on any atom is 0.223 e. The second-order valence-corrected chi connectivity index (χ2v) is 12.2. The first kappa shape index (κ1) is 26.1. The van der Waals surface area contributed by atoms with Gasteiger partial charge in [-0.25, -0.2) is 9.37 Å². The standard InChI is InChI=1S/C28H31FN8O3S/c29-21-16-20(40-19-5-14-41(38)15-6-19)3-4-23(21)35-10-7-34(8-11-35)9-12-36-18-31-26-24-17-22(25-2-1-13-39-25)33-37(24)28(30)32-27(26)36/h1-4,13,16-19H,5-12,14-15H2,(H2,30,32)/t19-,41-. The Balaban J connectivity index is 0.972. The number of benzene rings is 1. The summed E-state index contributed by atoms with van der Waals surface area (Å²) in [6.45, 7) is 4.61. The van der Waals surface area contributed by atoms with Crippen LogP contribution in [0.15, 0.2) is 53.4 Å². The van der Waals surface area contributed by atoms with Gasteiger partial charge in [0.2, 0.25) is 5.95 Å². The van der Waals surface area contributed by atoms with E-state index in [0.29, 0.717) is 46.6 Å². The molecule has 0 unspecified atom stereocenters. The summed E-state index contributed by atoms with van der Waals surface area (Å²) < 4.78 is 41.7. The fraction of sp³-hybridized carbons (Fsp3) is 0.393. The second-order valence-electron chi connectivity index (χ2n) is 10.5. The van der Waals surface area contributed by atoms with E-state index >= 15 is 4.39 Å². The van der Waals surface area contributed by atoms with Crippen LogP contribution in [0.4, 0.5) is 16.0 Å². The summed E-state index contributed by atoms with van der Waals surface area (Å²) in [5, 5.41) is 4.53. The quantitative estimate of drug-likeness (QED) is 0.290. The van der Waals surface area contributed by atoms with Crippen molar-refractivity contribution in [2.75, 3.05) is 54.9 Å². The maximum absolute atomic E-state index is 15.0. The highest BCUT2D eigenvalue weighted by Crippen LogP contribution is 2.28.